The van der Waals surface area contributed by atoms with Gasteiger partial charge >= 0.3 is 0 Å². The highest BCUT2D eigenvalue weighted by Crippen LogP contribution is 2.28. The first-order valence-corrected chi connectivity index (χ1v) is 12.0. The number of carbonyl (C=O) groups is 1. The first-order chi connectivity index (χ1) is 16.7. The molecule has 0 aliphatic carbocycles. The van der Waals surface area contributed by atoms with Crippen LogP contribution < -0.4 is 14.8 Å². The van der Waals surface area contributed by atoms with Crippen molar-refractivity contribution in [2.45, 2.75) is 19.4 Å². The molecule has 6 nitrogen and oxygen atoms in total. The Morgan fingerprint density at radius 2 is 1.94 bits per heavy atom. The van der Waals surface area contributed by atoms with Crippen molar-refractivity contribution in [3.63, 3.8) is 0 Å². The quantitative estimate of drug-likeness (QED) is 0.476. The zero-order valence-electron chi connectivity index (χ0n) is 19.4. The van der Waals surface area contributed by atoms with Crippen LogP contribution in [0, 0.1) is 5.92 Å². The lowest BCUT2D eigenvalue weighted by atomic mass is 9.96. The third-order valence-electron chi connectivity index (χ3n) is 6.07. The Hall–Kier alpha value is -3.09. The van der Waals surface area contributed by atoms with Crippen LogP contribution in [0.4, 0.5) is 0 Å². The molecule has 2 heterocycles. The molecule has 1 N–H and O–H groups in total. The van der Waals surface area contributed by atoms with Gasteiger partial charge in [-0.1, -0.05) is 41.9 Å². The predicted octanol–water partition coefficient (Wildman–Crippen LogP) is 4.82. The lowest BCUT2D eigenvalue weighted by Gasteiger charge is -2.30. The summed E-state index contributed by atoms with van der Waals surface area (Å²) >= 11 is 6.23. The maximum Gasteiger partial charge on any atom is 0.226 e. The van der Waals surface area contributed by atoms with Gasteiger partial charge < -0.3 is 19.7 Å². The van der Waals surface area contributed by atoms with Crippen LogP contribution >= 0.6 is 11.6 Å². The molecule has 0 radical (unpaired) electrons. The van der Waals surface area contributed by atoms with E-state index in [2.05, 4.69) is 10.3 Å². The summed E-state index contributed by atoms with van der Waals surface area (Å²) in [5, 5.41) is 3.90. The Labute approximate surface area is 205 Å². The number of methoxy groups -OCH3 is 1. The molecular weight excluding hydrogens is 450 g/mol. The molecule has 2 aromatic carbocycles. The molecule has 1 aromatic heterocycles. The molecule has 34 heavy (non-hydrogen) atoms. The number of ether oxygens (including phenoxy) is 2. The highest BCUT2D eigenvalue weighted by molar-refractivity contribution is 6.32. The molecule has 0 atom stereocenters. The number of piperidine rings is 1. The number of amides is 1. The van der Waals surface area contributed by atoms with Gasteiger partial charge in [-0.3, -0.25) is 9.78 Å². The Bertz CT molecular complexity index is 1100. The highest BCUT2D eigenvalue weighted by atomic mass is 35.5. The number of para-hydroxylation sites is 1. The molecule has 0 unspecified atom stereocenters. The maximum atomic E-state index is 13.5. The Balaban J connectivity index is 1.55. The van der Waals surface area contributed by atoms with Crippen molar-refractivity contribution in [1.82, 2.24) is 15.2 Å². The van der Waals surface area contributed by atoms with Crippen LogP contribution in [-0.2, 0) is 11.3 Å². The van der Waals surface area contributed by atoms with E-state index in [-0.39, 0.29) is 11.8 Å². The van der Waals surface area contributed by atoms with Crippen LogP contribution in [0.3, 0.4) is 0 Å². The number of halogens is 1. The molecule has 0 saturated carbocycles. The van der Waals surface area contributed by atoms with Crippen LogP contribution in [-0.4, -0.2) is 49.1 Å². The standard InChI is InChI=1S/C27H30ClN3O3/c1-33-22-7-4-6-21(18-22)23-8-5-13-30-25(23)19-31(27(32)20-11-14-29-15-12-20)16-17-34-26-10-3-2-9-24(26)28/h2-10,13,18,20,29H,11-12,14-17,19H2,1H3. The van der Waals surface area contributed by atoms with Gasteiger partial charge in [0, 0.05) is 17.7 Å². The predicted molar refractivity (Wildman–Crippen MR) is 134 cm³/mol. The first kappa shape index (κ1) is 24.0. The van der Waals surface area contributed by atoms with E-state index < -0.39 is 0 Å². The van der Waals surface area contributed by atoms with E-state index in [1.165, 1.54) is 0 Å². The third-order valence-corrected chi connectivity index (χ3v) is 6.38. The van der Waals surface area contributed by atoms with Crippen molar-refractivity contribution in [3.8, 4) is 22.6 Å². The van der Waals surface area contributed by atoms with Gasteiger partial charge in [0.15, 0.2) is 0 Å². The molecule has 1 fully saturated rings. The van der Waals surface area contributed by atoms with Crippen molar-refractivity contribution in [2.24, 2.45) is 5.92 Å². The number of hydrogen-bond donors (Lipinski definition) is 1. The lowest BCUT2D eigenvalue weighted by Crippen LogP contribution is -2.42. The summed E-state index contributed by atoms with van der Waals surface area (Å²) in [5.74, 6) is 1.55. The average Bonchev–Trinajstić information content (AvgIpc) is 2.89. The number of aromatic nitrogens is 1. The number of nitrogens with zero attached hydrogens (tertiary/aromatic N) is 2. The minimum Gasteiger partial charge on any atom is -0.497 e. The number of carbonyl (C=O) groups excluding carboxylic acids is 1. The topological polar surface area (TPSA) is 63.7 Å². The minimum absolute atomic E-state index is 0.00513. The van der Waals surface area contributed by atoms with Gasteiger partial charge in [0.2, 0.25) is 5.91 Å². The van der Waals surface area contributed by atoms with Crippen molar-refractivity contribution >= 4 is 17.5 Å². The van der Waals surface area contributed by atoms with Gasteiger partial charge in [-0.25, -0.2) is 0 Å². The van der Waals surface area contributed by atoms with Gasteiger partial charge in [-0.05, 0) is 61.8 Å². The molecule has 0 spiro atoms. The van der Waals surface area contributed by atoms with Crippen LogP contribution in [0.2, 0.25) is 5.02 Å². The third kappa shape index (κ3) is 6.07. The van der Waals surface area contributed by atoms with Gasteiger partial charge in [0.1, 0.15) is 18.1 Å². The van der Waals surface area contributed by atoms with Gasteiger partial charge in [0.05, 0.1) is 30.9 Å². The number of rotatable bonds is 9. The lowest BCUT2D eigenvalue weighted by molar-refractivity contribution is -0.137. The minimum atomic E-state index is 0.00513. The summed E-state index contributed by atoms with van der Waals surface area (Å²) in [7, 11) is 1.65. The molecule has 7 heteroatoms. The molecule has 1 saturated heterocycles. The summed E-state index contributed by atoms with van der Waals surface area (Å²) in [4.78, 5) is 20.1. The second kappa shape index (κ2) is 11.9. The van der Waals surface area contributed by atoms with E-state index >= 15 is 0 Å². The van der Waals surface area contributed by atoms with Crippen LogP contribution in [0.5, 0.6) is 11.5 Å². The number of pyridine rings is 1. The van der Waals surface area contributed by atoms with Crippen LogP contribution in [0.25, 0.3) is 11.1 Å². The van der Waals surface area contributed by atoms with Crippen LogP contribution in [0.15, 0.2) is 66.9 Å². The fourth-order valence-corrected chi connectivity index (χ4v) is 4.41. The van der Waals surface area contributed by atoms with E-state index in [1.807, 2.05) is 59.5 Å². The molecular formula is C27H30ClN3O3. The molecule has 0 bridgehead atoms. The summed E-state index contributed by atoms with van der Waals surface area (Å²) in [6.07, 6.45) is 3.45. The Kier molecular flexibility index (Phi) is 8.39. The molecule has 1 amide bonds. The molecule has 4 rings (SSSR count). The number of nitrogens with one attached hydrogen (secondary N) is 1. The fourth-order valence-electron chi connectivity index (χ4n) is 4.22. The van der Waals surface area contributed by atoms with Gasteiger partial charge in [0.25, 0.3) is 0 Å². The maximum absolute atomic E-state index is 13.5. The van der Waals surface area contributed by atoms with E-state index in [9.17, 15) is 4.79 Å². The fraction of sp³-hybridized carbons (Fsp3) is 0.333. The van der Waals surface area contributed by atoms with E-state index in [0.717, 1.165) is 48.5 Å². The number of hydrogen-bond acceptors (Lipinski definition) is 5. The van der Waals surface area contributed by atoms with E-state index in [4.69, 9.17) is 21.1 Å². The molecule has 3 aromatic rings. The second-order valence-electron chi connectivity index (χ2n) is 8.29. The second-order valence-corrected chi connectivity index (χ2v) is 8.70. The summed E-state index contributed by atoms with van der Waals surface area (Å²) in [6.45, 7) is 2.92. The van der Waals surface area contributed by atoms with Crippen molar-refractivity contribution in [3.05, 3.63) is 77.6 Å². The molecule has 1 aliphatic rings. The zero-order valence-corrected chi connectivity index (χ0v) is 20.1. The molecule has 1 aliphatic heterocycles. The SMILES string of the molecule is COc1cccc(-c2cccnc2CN(CCOc2ccccc2Cl)C(=O)C2CCNCC2)c1. The summed E-state index contributed by atoms with van der Waals surface area (Å²) < 4.78 is 11.3. The first-order valence-electron chi connectivity index (χ1n) is 11.6. The summed E-state index contributed by atoms with van der Waals surface area (Å²) in [5.41, 5.74) is 2.83. The Morgan fingerprint density at radius 1 is 1.12 bits per heavy atom. The molecule has 178 valence electrons. The Morgan fingerprint density at radius 3 is 2.74 bits per heavy atom. The van der Waals surface area contributed by atoms with Crippen LogP contribution in [0.1, 0.15) is 18.5 Å². The number of benzene rings is 2. The monoisotopic (exact) mass is 479 g/mol. The highest BCUT2D eigenvalue weighted by Gasteiger charge is 2.27. The van der Waals surface area contributed by atoms with Gasteiger partial charge in [-0.15, -0.1) is 0 Å². The van der Waals surface area contributed by atoms with E-state index in [0.29, 0.717) is 30.5 Å². The van der Waals surface area contributed by atoms with Crippen molar-refractivity contribution in [2.75, 3.05) is 33.4 Å². The summed E-state index contributed by atoms with van der Waals surface area (Å²) in [6, 6.07) is 19.2. The van der Waals surface area contributed by atoms with Crippen molar-refractivity contribution < 1.29 is 14.3 Å². The van der Waals surface area contributed by atoms with E-state index in [1.54, 1.807) is 19.4 Å². The smallest absolute Gasteiger partial charge is 0.226 e. The normalized spacial score (nSPS) is 13.9. The average molecular weight is 480 g/mol. The zero-order chi connectivity index (χ0) is 23.8. The van der Waals surface area contributed by atoms with Gasteiger partial charge in [-0.2, -0.15) is 0 Å². The largest absolute Gasteiger partial charge is 0.497 e. The van der Waals surface area contributed by atoms with Crippen molar-refractivity contribution in [1.29, 1.82) is 0 Å².